The molecule has 0 saturated carbocycles. The number of aryl methyl sites for hydroxylation is 1. The summed E-state index contributed by atoms with van der Waals surface area (Å²) in [6, 6.07) is 8.46. The predicted molar refractivity (Wildman–Crippen MR) is 100 cm³/mol. The largest absolute Gasteiger partial charge is 0.478 e. The summed E-state index contributed by atoms with van der Waals surface area (Å²) in [6.07, 6.45) is 14.0. The molecule has 0 spiro atoms. The van der Waals surface area contributed by atoms with Gasteiger partial charge in [-0.25, -0.2) is 4.79 Å². The number of carboxylic acids is 1. The van der Waals surface area contributed by atoms with Crippen LogP contribution in [-0.2, 0) is 11.2 Å². The molecule has 1 N–H and O–H groups in total. The topological polar surface area (TPSA) is 37.3 Å². The van der Waals surface area contributed by atoms with E-state index in [0.717, 1.165) is 17.7 Å². The van der Waals surface area contributed by atoms with Crippen LogP contribution in [-0.4, -0.2) is 11.1 Å². The third-order valence-corrected chi connectivity index (χ3v) is 4.44. The monoisotopic (exact) mass is 334 g/mol. The molecule has 2 nitrogen and oxygen atoms in total. The SMILES string of the molecule is C/C(=C\CCCCCCCCCCc1ccc(S)cc1)C(=O)O. The van der Waals surface area contributed by atoms with Crippen molar-refractivity contribution in [2.24, 2.45) is 0 Å². The fourth-order valence-corrected chi connectivity index (χ4v) is 2.75. The van der Waals surface area contributed by atoms with Crippen molar-refractivity contribution in [3.63, 3.8) is 0 Å². The predicted octanol–water partition coefficient (Wildman–Crippen LogP) is 6.06. The lowest BCUT2D eigenvalue weighted by molar-refractivity contribution is -0.132. The summed E-state index contributed by atoms with van der Waals surface area (Å²) >= 11 is 4.30. The van der Waals surface area contributed by atoms with Crippen molar-refractivity contribution in [1.29, 1.82) is 0 Å². The van der Waals surface area contributed by atoms with E-state index in [1.165, 1.54) is 56.9 Å². The molecule has 0 heterocycles. The fourth-order valence-electron chi connectivity index (χ4n) is 2.60. The summed E-state index contributed by atoms with van der Waals surface area (Å²) in [7, 11) is 0. The van der Waals surface area contributed by atoms with Crippen LogP contribution in [0.25, 0.3) is 0 Å². The van der Waals surface area contributed by atoms with Crippen LogP contribution in [0.3, 0.4) is 0 Å². The highest BCUT2D eigenvalue weighted by molar-refractivity contribution is 7.80. The van der Waals surface area contributed by atoms with Gasteiger partial charge in [0.1, 0.15) is 0 Å². The van der Waals surface area contributed by atoms with E-state index >= 15 is 0 Å². The Kier molecular flexibility index (Phi) is 10.5. The average molecular weight is 335 g/mol. The standard InChI is InChI=1S/C20H30O2S/c1-17(20(21)22)11-9-7-5-3-2-4-6-8-10-12-18-13-15-19(23)16-14-18/h11,13-16,23H,2-10,12H2,1H3,(H,21,22)/b17-11+. The van der Waals surface area contributed by atoms with Crippen molar-refractivity contribution >= 4 is 18.6 Å². The summed E-state index contributed by atoms with van der Waals surface area (Å²) in [6.45, 7) is 1.66. The van der Waals surface area contributed by atoms with Crippen LogP contribution in [0.2, 0.25) is 0 Å². The minimum absolute atomic E-state index is 0.467. The van der Waals surface area contributed by atoms with Gasteiger partial charge in [0.05, 0.1) is 0 Å². The van der Waals surface area contributed by atoms with Gasteiger partial charge >= 0.3 is 5.97 Å². The molecule has 0 aliphatic rings. The Labute approximate surface area is 146 Å². The lowest BCUT2D eigenvalue weighted by Crippen LogP contribution is -1.95. The lowest BCUT2D eigenvalue weighted by Gasteiger charge is -2.03. The Morgan fingerprint density at radius 2 is 1.48 bits per heavy atom. The van der Waals surface area contributed by atoms with Gasteiger partial charge in [0.25, 0.3) is 0 Å². The fraction of sp³-hybridized carbons (Fsp3) is 0.550. The van der Waals surface area contributed by atoms with Crippen LogP contribution in [0.1, 0.15) is 70.3 Å². The number of hydrogen-bond acceptors (Lipinski definition) is 2. The maximum atomic E-state index is 10.6. The summed E-state index contributed by atoms with van der Waals surface area (Å²) in [5, 5.41) is 8.74. The molecule has 0 fully saturated rings. The van der Waals surface area contributed by atoms with E-state index < -0.39 is 5.97 Å². The molecule has 1 aromatic carbocycles. The molecule has 0 unspecified atom stereocenters. The van der Waals surface area contributed by atoms with Crippen molar-refractivity contribution in [2.75, 3.05) is 0 Å². The maximum Gasteiger partial charge on any atom is 0.330 e. The number of thiol groups is 1. The van der Waals surface area contributed by atoms with E-state index in [2.05, 4.69) is 36.9 Å². The Morgan fingerprint density at radius 3 is 2.04 bits per heavy atom. The first kappa shape index (κ1) is 19.8. The van der Waals surface area contributed by atoms with E-state index in [4.69, 9.17) is 5.11 Å². The van der Waals surface area contributed by atoms with E-state index in [-0.39, 0.29) is 0 Å². The van der Waals surface area contributed by atoms with Crippen molar-refractivity contribution in [3.8, 4) is 0 Å². The molecule has 0 bridgehead atoms. The summed E-state index contributed by atoms with van der Waals surface area (Å²) < 4.78 is 0. The van der Waals surface area contributed by atoms with Crippen LogP contribution in [0.4, 0.5) is 0 Å². The first-order chi connectivity index (χ1) is 11.1. The minimum Gasteiger partial charge on any atom is -0.478 e. The molecule has 1 aromatic rings. The summed E-state index contributed by atoms with van der Waals surface area (Å²) in [4.78, 5) is 11.7. The second-order valence-corrected chi connectivity index (χ2v) is 6.74. The number of rotatable bonds is 12. The molecule has 0 aromatic heterocycles. The number of benzene rings is 1. The second-order valence-electron chi connectivity index (χ2n) is 6.23. The Morgan fingerprint density at radius 1 is 0.957 bits per heavy atom. The quantitative estimate of drug-likeness (QED) is 0.277. The molecule has 0 aliphatic heterocycles. The molecular weight excluding hydrogens is 304 g/mol. The van der Waals surface area contributed by atoms with Gasteiger partial charge in [-0.15, -0.1) is 12.6 Å². The zero-order valence-corrected chi connectivity index (χ0v) is 15.2. The van der Waals surface area contributed by atoms with Crippen molar-refractivity contribution in [1.82, 2.24) is 0 Å². The first-order valence-electron chi connectivity index (χ1n) is 8.77. The number of allylic oxidation sites excluding steroid dienone is 1. The third-order valence-electron chi connectivity index (χ3n) is 4.14. The zero-order valence-electron chi connectivity index (χ0n) is 14.3. The van der Waals surface area contributed by atoms with E-state index in [1.54, 1.807) is 6.92 Å². The van der Waals surface area contributed by atoms with Gasteiger partial charge in [0.2, 0.25) is 0 Å². The number of aliphatic carboxylic acids is 1. The van der Waals surface area contributed by atoms with E-state index in [1.807, 2.05) is 6.08 Å². The zero-order chi connectivity index (χ0) is 16.9. The van der Waals surface area contributed by atoms with E-state index in [0.29, 0.717) is 5.57 Å². The van der Waals surface area contributed by atoms with Gasteiger partial charge in [-0.1, -0.05) is 56.7 Å². The van der Waals surface area contributed by atoms with Crippen LogP contribution < -0.4 is 0 Å². The van der Waals surface area contributed by atoms with Crippen LogP contribution in [0.5, 0.6) is 0 Å². The Balaban J connectivity index is 1.89. The van der Waals surface area contributed by atoms with Gasteiger partial charge in [0.15, 0.2) is 0 Å². The number of unbranched alkanes of at least 4 members (excludes halogenated alkanes) is 8. The van der Waals surface area contributed by atoms with Gasteiger partial charge in [-0.05, 0) is 50.3 Å². The Hall–Kier alpha value is -1.22. The van der Waals surface area contributed by atoms with Gasteiger partial charge < -0.3 is 5.11 Å². The molecule has 1 rings (SSSR count). The maximum absolute atomic E-state index is 10.6. The third kappa shape index (κ3) is 10.2. The Bertz CT molecular complexity index is 477. The normalized spacial score (nSPS) is 11.7. The highest BCUT2D eigenvalue weighted by Crippen LogP contribution is 2.14. The van der Waals surface area contributed by atoms with Gasteiger partial charge in [-0.3, -0.25) is 0 Å². The van der Waals surface area contributed by atoms with Crippen molar-refractivity contribution in [3.05, 3.63) is 41.5 Å². The smallest absolute Gasteiger partial charge is 0.330 e. The molecule has 0 aliphatic carbocycles. The van der Waals surface area contributed by atoms with Crippen LogP contribution in [0, 0.1) is 0 Å². The molecule has 23 heavy (non-hydrogen) atoms. The second kappa shape index (κ2) is 12.2. The molecule has 0 radical (unpaired) electrons. The lowest BCUT2D eigenvalue weighted by atomic mass is 10.0. The minimum atomic E-state index is -0.799. The van der Waals surface area contributed by atoms with Crippen LogP contribution in [0.15, 0.2) is 40.8 Å². The van der Waals surface area contributed by atoms with Gasteiger partial charge in [0, 0.05) is 10.5 Å². The highest BCUT2D eigenvalue weighted by Gasteiger charge is 1.98. The summed E-state index contributed by atoms with van der Waals surface area (Å²) in [5.41, 5.74) is 1.88. The average Bonchev–Trinajstić information content (AvgIpc) is 2.54. The molecular formula is C20H30O2S. The summed E-state index contributed by atoms with van der Waals surface area (Å²) in [5.74, 6) is -0.799. The number of carbonyl (C=O) groups is 1. The van der Waals surface area contributed by atoms with Crippen molar-refractivity contribution < 1.29 is 9.90 Å². The molecule has 0 amide bonds. The molecule has 3 heteroatoms. The number of carboxylic acid groups (broad SMARTS) is 1. The highest BCUT2D eigenvalue weighted by atomic mass is 32.1. The van der Waals surface area contributed by atoms with Gasteiger partial charge in [-0.2, -0.15) is 0 Å². The van der Waals surface area contributed by atoms with Crippen LogP contribution >= 0.6 is 12.6 Å². The van der Waals surface area contributed by atoms with E-state index in [9.17, 15) is 4.79 Å². The molecule has 0 saturated heterocycles. The first-order valence-corrected chi connectivity index (χ1v) is 9.22. The van der Waals surface area contributed by atoms with Crippen molar-refractivity contribution in [2.45, 2.75) is 76.0 Å². The molecule has 128 valence electrons. The molecule has 0 atom stereocenters. The number of hydrogen-bond donors (Lipinski definition) is 2.